The summed E-state index contributed by atoms with van der Waals surface area (Å²) in [5.74, 6) is -1.01. The van der Waals surface area contributed by atoms with Crippen LogP contribution in [0, 0.1) is 5.92 Å². The predicted octanol–water partition coefficient (Wildman–Crippen LogP) is 1.75. The van der Waals surface area contributed by atoms with E-state index in [9.17, 15) is 14.4 Å². The summed E-state index contributed by atoms with van der Waals surface area (Å²) in [5, 5.41) is 5.20. The van der Waals surface area contributed by atoms with E-state index in [-0.39, 0.29) is 11.7 Å². The Hall–Kier alpha value is -2.68. The molecular weight excluding hydrogens is 356 g/mol. The molecule has 3 amide bonds. The zero-order valence-corrected chi connectivity index (χ0v) is 15.3. The molecule has 0 atom stereocenters. The molecule has 0 saturated heterocycles. The number of fused-ring (bicyclic) bond motifs is 1. The fourth-order valence-corrected chi connectivity index (χ4v) is 2.47. The molecule has 0 saturated carbocycles. The highest BCUT2D eigenvalue weighted by molar-refractivity contribution is 7.99. The summed E-state index contributed by atoms with van der Waals surface area (Å²) in [6.45, 7) is 3.79. The molecule has 26 heavy (non-hydrogen) atoms. The molecule has 8 nitrogen and oxygen atoms in total. The van der Waals surface area contributed by atoms with Crippen LogP contribution in [0.2, 0.25) is 0 Å². The lowest BCUT2D eigenvalue weighted by molar-refractivity contribution is -0.145. The van der Waals surface area contributed by atoms with E-state index < -0.39 is 24.5 Å². The fraction of sp³-hybridized carbons (Fsp3) is 0.353. The van der Waals surface area contributed by atoms with Gasteiger partial charge < -0.3 is 10.1 Å². The van der Waals surface area contributed by atoms with E-state index in [2.05, 4.69) is 20.6 Å². The first-order valence-electron chi connectivity index (χ1n) is 8.02. The number of aromatic nitrogens is 2. The average Bonchev–Trinajstić information content (AvgIpc) is 2.62. The van der Waals surface area contributed by atoms with E-state index in [1.54, 1.807) is 6.20 Å². The van der Waals surface area contributed by atoms with E-state index in [1.807, 2.05) is 38.1 Å². The summed E-state index contributed by atoms with van der Waals surface area (Å²) < 4.78 is 4.84. The van der Waals surface area contributed by atoms with Crippen molar-refractivity contribution in [2.75, 3.05) is 18.9 Å². The SMILES string of the molecule is CC(C)CNC(=O)NC(=O)COC(=O)CSc1cnc2ccccc2n1. The van der Waals surface area contributed by atoms with Gasteiger partial charge in [0.1, 0.15) is 5.03 Å². The number of hydrogen-bond donors (Lipinski definition) is 2. The quantitative estimate of drug-likeness (QED) is 0.559. The summed E-state index contributed by atoms with van der Waals surface area (Å²) in [4.78, 5) is 43.3. The highest BCUT2D eigenvalue weighted by atomic mass is 32.2. The van der Waals surface area contributed by atoms with Gasteiger partial charge in [0.15, 0.2) is 6.61 Å². The topological polar surface area (TPSA) is 110 Å². The zero-order valence-electron chi connectivity index (χ0n) is 14.5. The minimum atomic E-state index is -0.685. The first kappa shape index (κ1) is 19.6. The lowest BCUT2D eigenvalue weighted by Gasteiger charge is -2.09. The van der Waals surface area contributed by atoms with Crippen molar-refractivity contribution in [2.45, 2.75) is 18.9 Å². The fourth-order valence-electron chi connectivity index (χ4n) is 1.83. The number of rotatable bonds is 7. The van der Waals surface area contributed by atoms with E-state index in [1.165, 1.54) is 0 Å². The Labute approximate surface area is 155 Å². The Morgan fingerprint density at radius 1 is 1.19 bits per heavy atom. The summed E-state index contributed by atoms with van der Waals surface area (Å²) in [6, 6.07) is 6.80. The third-order valence-corrected chi connectivity index (χ3v) is 3.92. The van der Waals surface area contributed by atoms with Crippen molar-refractivity contribution < 1.29 is 19.1 Å². The predicted molar refractivity (Wildman–Crippen MR) is 97.6 cm³/mol. The summed E-state index contributed by atoms with van der Waals surface area (Å²) in [7, 11) is 0. The second-order valence-electron chi connectivity index (χ2n) is 5.80. The van der Waals surface area contributed by atoms with Gasteiger partial charge in [-0.3, -0.25) is 19.9 Å². The number of nitrogens with one attached hydrogen (secondary N) is 2. The normalized spacial score (nSPS) is 10.6. The van der Waals surface area contributed by atoms with Gasteiger partial charge in [0.25, 0.3) is 5.91 Å². The zero-order chi connectivity index (χ0) is 18.9. The summed E-state index contributed by atoms with van der Waals surface area (Å²) in [6.07, 6.45) is 1.58. The van der Waals surface area contributed by atoms with E-state index >= 15 is 0 Å². The van der Waals surface area contributed by atoms with Crippen molar-refractivity contribution in [3.05, 3.63) is 30.5 Å². The number of carbonyl (C=O) groups excluding carboxylic acids is 3. The Bertz CT molecular complexity index is 797. The van der Waals surface area contributed by atoms with Crippen molar-refractivity contribution in [3.8, 4) is 0 Å². The van der Waals surface area contributed by atoms with Gasteiger partial charge in [0, 0.05) is 6.54 Å². The van der Waals surface area contributed by atoms with Crippen molar-refractivity contribution in [1.29, 1.82) is 0 Å². The number of hydrogen-bond acceptors (Lipinski definition) is 7. The van der Waals surface area contributed by atoms with Crippen LogP contribution < -0.4 is 10.6 Å². The number of imide groups is 1. The molecule has 0 aliphatic rings. The first-order chi connectivity index (χ1) is 12.4. The van der Waals surface area contributed by atoms with E-state index in [4.69, 9.17) is 4.74 Å². The largest absolute Gasteiger partial charge is 0.455 e. The molecule has 0 fully saturated rings. The molecule has 2 aromatic rings. The monoisotopic (exact) mass is 376 g/mol. The first-order valence-corrected chi connectivity index (χ1v) is 9.00. The molecule has 0 aliphatic carbocycles. The van der Waals surface area contributed by atoms with Crippen LogP contribution in [0.4, 0.5) is 4.79 Å². The van der Waals surface area contributed by atoms with Crippen molar-refractivity contribution in [1.82, 2.24) is 20.6 Å². The number of ether oxygens (including phenoxy) is 1. The minimum Gasteiger partial charge on any atom is -0.455 e. The third-order valence-electron chi connectivity index (χ3n) is 3.05. The summed E-state index contributed by atoms with van der Waals surface area (Å²) >= 11 is 1.16. The van der Waals surface area contributed by atoms with Crippen LogP contribution in [0.25, 0.3) is 11.0 Å². The number of amides is 3. The van der Waals surface area contributed by atoms with Crippen LogP contribution in [0.15, 0.2) is 35.5 Å². The molecular formula is C17H20N4O4S. The Balaban J connectivity index is 1.71. The van der Waals surface area contributed by atoms with Crippen molar-refractivity contribution in [2.24, 2.45) is 5.92 Å². The van der Waals surface area contributed by atoms with Gasteiger partial charge in [-0.1, -0.05) is 37.7 Å². The molecule has 0 spiro atoms. The van der Waals surface area contributed by atoms with Crippen LogP contribution in [-0.4, -0.2) is 46.8 Å². The number of urea groups is 1. The maximum atomic E-state index is 11.7. The van der Waals surface area contributed by atoms with E-state index in [0.29, 0.717) is 11.6 Å². The minimum absolute atomic E-state index is 0.0140. The van der Waals surface area contributed by atoms with Crippen molar-refractivity contribution >= 4 is 40.7 Å². The van der Waals surface area contributed by atoms with Gasteiger partial charge in [0.05, 0.1) is 23.0 Å². The number of carbonyl (C=O) groups is 3. The number of nitrogens with zero attached hydrogens (tertiary/aromatic N) is 2. The van der Waals surface area contributed by atoms with Crippen molar-refractivity contribution in [3.63, 3.8) is 0 Å². The summed E-state index contributed by atoms with van der Waals surface area (Å²) in [5.41, 5.74) is 1.50. The molecule has 9 heteroatoms. The third kappa shape index (κ3) is 6.67. The lowest BCUT2D eigenvalue weighted by atomic mass is 10.2. The van der Waals surface area contributed by atoms with Gasteiger partial charge in [-0.25, -0.2) is 9.78 Å². The van der Waals surface area contributed by atoms with Crippen LogP contribution >= 0.6 is 11.8 Å². The highest BCUT2D eigenvalue weighted by Gasteiger charge is 2.12. The van der Waals surface area contributed by atoms with Gasteiger partial charge >= 0.3 is 12.0 Å². The van der Waals surface area contributed by atoms with Gasteiger partial charge in [-0.05, 0) is 18.1 Å². The molecule has 138 valence electrons. The number of thioether (sulfide) groups is 1. The number of benzene rings is 1. The molecule has 1 aromatic heterocycles. The number of esters is 1. The van der Waals surface area contributed by atoms with Crippen LogP contribution in [0.5, 0.6) is 0 Å². The highest BCUT2D eigenvalue weighted by Crippen LogP contribution is 2.17. The molecule has 2 N–H and O–H groups in total. The molecule has 0 radical (unpaired) electrons. The number of para-hydroxylation sites is 2. The molecule has 2 rings (SSSR count). The average molecular weight is 376 g/mol. The molecule has 0 bridgehead atoms. The Morgan fingerprint density at radius 3 is 2.65 bits per heavy atom. The van der Waals surface area contributed by atoms with E-state index in [0.717, 1.165) is 22.8 Å². The van der Waals surface area contributed by atoms with Crippen LogP contribution in [0.3, 0.4) is 0 Å². The van der Waals surface area contributed by atoms with Gasteiger partial charge in [0.2, 0.25) is 0 Å². The molecule has 1 heterocycles. The van der Waals surface area contributed by atoms with Gasteiger partial charge in [-0.15, -0.1) is 0 Å². The smallest absolute Gasteiger partial charge is 0.321 e. The maximum absolute atomic E-state index is 11.7. The maximum Gasteiger partial charge on any atom is 0.321 e. The van der Waals surface area contributed by atoms with Gasteiger partial charge in [-0.2, -0.15) is 0 Å². The standard InChI is InChI=1S/C17H20N4O4S/c1-11(2)7-19-17(24)21-14(22)9-25-16(23)10-26-15-8-18-12-5-3-4-6-13(12)20-15/h3-6,8,11H,7,9-10H2,1-2H3,(H2,19,21,22,24). The molecule has 1 aromatic carbocycles. The second-order valence-corrected chi connectivity index (χ2v) is 6.79. The Kier molecular flexibility index (Phi) is 7.34. The van der Waals surface area contributed by atoms with Crippen LogP contribution in [0.1, 0.15) is 13.8 Å². The second kappa shape index (κ2) is 9.71. The lowest BCUT2D eigenvalue weighted by Crippen LogP contribution is -2.42. The molecule has 0 aliphatic heterocycles. The Morgan fingerprint density at radius 2 is 1.92 bits per heavy atom. The van der Waals surface area contributed by atoms with Crippen LogP contribution in [-0.2, 0) is 14.3 Å². The molecule has 0 unspecified atom stereocenters.